The molecule has 1 aliphatic rings. The summed E-state index contributed by atoms with van der Waals surface area (Å²) in [5.41, 5.74) is 1.32. The second-order valence-corrected chi connectivity index (χ2v) is 5.73. The number of aromatic nitrogens is 1. The Morgan fingerprint density at radius 3 is 2.70 bits per heavy atom. The van der Waals surface area contributed by atoms with Crippen molar-refractivity contribution >= 4 is 21.8 Å². The first-order valence-corrected chi connectivity index (χ1v) is 7.11. The Morgan fingerprint density at radius 1 is 1.25 bits per heavy atom. The van der Waals surface area contributed by atoms with Crippen molar-refractivity contribution in [3.8, 4) is 0 Å². The van der Waals surface area contributed by atoms with Gasteiger partial charge in [-0.05, 0) is 36.2 Å². The van der Waals surface area contributed by atoms with Crippen LogP contribution in [-0.2, 0) is 0 Å². The summed E-state index contributed by atoms with van der Waals surface area (Å²) >= 11 is 3.39. The maximum Gasteiger partial charge on any atom is 0.270 e. The van der Waals surface area contributed by atoms with Crippen molar-refractivity contribution in [2.75, 3.05) is 0 Å². The van der Waals surface area contributed by atoms with Crippen molar-refractivity contribution in [3.05, 3.63) is 64.1 Å². The Morgan fingerprint density at radius 2 is 2.00 bits per heavy atom. The van der Waals surface area contributed by atoms with Gasteiger partial charge in [0.1, 0.15) is 5.69 Å². The van der Waals surface area contributed by atoms with Crippen LogP contribution in [0.25, 0.3) is 0 Å². The zero-order chi connectivity index (χ0) is 14.1. The molecular weight excluding hydrogens is 323 g/mol. The molecule has 1 N–H and O–H groups in total. The van der Waals surface area contributed by atoms with Crippen LogP contribution in [0.4, 0.5) is 4.39 Å². The minimum atomic E-state index is -0.641. The zero-order valence-electron chi connectivity index (χ0n) is 10.5. The molecule has 5 heteroatoms. The Kier molecular flexibility index (Phi) is 3.53. The van der Waals surface area contributed by atoms with Crippen LogP contribution in [0, 0.1) is 5.95 Å². The Hall–Kier alpha value is -1.75. The maximum absolute atomic E-state index is 13.0. The lowest BCUT2D eigenvalue weighted by Gasteiger charge is -2.04. The van der Waals surface area contributed by atoms with Gasteiger partial charge in [-0.3, -0.25) is 4.79 Å². The molecule has 1 aromatic heterocycles. The fourth-order valence-electron chi connectivity index (χ4n) is 2.21. The number of rotatable bonds is 3. The van der Waals surface area contributed by atoms with E-state index in [9.17, 15) is 9.18 Å². The highest BCUT2D eigenvalue weighted by atomic mass is 79.9. The largest absolute Gasteiger partial charge is 0.347 e. The van der Waals surface area contributed by atoms with E-state index in [1.165, 1.54) is 23.8 Å². The molecular formula is C15H12BrFN2O. The van der Waals surface area contributed by atoms with Crippen LogP contribution < -0.4 is 5.32 Å². The van der Waals surface area contributed by atoms with Crippen molar-refractivity contribution in [1.82, 2.24) is 10.3 Å². The van der Waals surface area contributed by atoms with Gasteiger partial charge in [-0.2, -0.15) is 4.39 Å². The molecule has 1 amide bonds. The number of nitrogens with zero attached hydrogens (tertiary/aromatic N) is 1. The zero-order valence-corrected chi connectivity index (χ0v) is 12.1. The lowest BCUT2D eigenvalue weighted by Crippen LogP contribution is -2.27. The summed E-state index contributed by atoms with van der Waals surface area (Å²) in [5, 5.41) is 2.88. The van der Waals surface area contributed by atoms with Gasteiger partial charge in [-0.15, -0.1) is 0 Å². The van der Waals surface area contributed by atoms with E-state index in [4.69, 9.17) is 0 Å². The summed E-state index contributed by atoms with van der Waals surface area (Å²) in [7, 11) is 0. The molecule has 0 spiro atoms. The molecule has 2 aromatic rings. The normalized spacial score (nSPS) is 20.5. The van der Waals surface area contributed by atoms with E-state index in [2.05, 4.69) is 26.2 Å². The highest BCUT2D eigenvalue weighted by Crippen LogP contribution is 2.41. The Labute approximate surface area is 124 Å². The topological polar surface area (TPSA) is 42.0 Å². The number of carbonyl (C=O) groups is 1. The highest BCUT2D eigenvalue weighted by Gasteiger charge is 2.39. The van der Waals surface area contributed by atoms with E-state index >= 15 is 0 Å². The molecule has 1 heterocycles. The molecule has 0 radical (unpaired) electrons. The number of pyridine rings is 1. The average molecular weight is 335 g/mol. The molecule has 0 aliphatic heterocycles. The smallest absolute Gasteiger partial charge is 0.270 e. The predicted octanol–water partition coefficient (Wildman–Crippen LogP) is 3.27. The van der Waals surface area contributed by atoms with Gasteiger partial charge in [0, 0.05) is 16.4 Å². The van der Waals surface area contributed by atoms with Crippen LogP contribution in [0.3, 0.4) is 0 Å². The Bertz CT molecular complexity index is 645. The molecule has 1 saturated carbocycles. The monoisotopic (exact) mass is 334 g/mol. The summed E-state index contributed by atoms with van der Waals surface area (Å²) < 4.78 is 14.0. The van der Waals surface area contributed by atoms with E-state index < -0.39 is 5.95 Å². The lowest BCUT2D eigenvalue weighted by molar-refractivity contribution is 0.0944. The summed E-state index contributed by atoms with van der Waals surface area (Å²) in [4.78, 5) is 15.5. The summed E-state index contributed by atoms with van der Waals surface area (Å²) in [6.07, 6.45) is 0.905. The summed E-state index contributed by atoms with van der Waals surface area (Å²) in [5.74, 6) is -0.632. The first-order chi connectivity index (χ1) is 9.63. The van der Waals surface area contributed by atoms with Crippen LogP contribution in [0.5, 0.6) is 0 Å². The standard InChI is InChI=1S/C15H12BrFN2O/c16-10-6-4-9(5-7-10)11-8-13(11)19-15(20)12-2-1-3-14(17)18-12/h1-7,11,13H,8H2,(H,19,20). The van der Waals surface area contributed by atoms with Gasteiger partial charge in [0.2, 0.25) is 5.95 Å². The number of amides is 1. The number of hydrogen-bond donors (Lipinski definition) is 1. The third-order valence-corrected chi connectivity index (χ3v) is 3.88. The average Bonchev–Trinajstić information content (AvgIpc) is 3.19. The van der Waals surface area contributed by atoms with Gasteiger partial charge in [0.25, 0.3) is 5.91 Å². The quantitative estimate of drug-likeness (QED) is 0.875. The van der Waals surface area contributed by atoms with Crippen LogP contribution >= 0.6 is 15.9 Å². The third kappa shape index (κ3) is 2.88. The number of nitrogens with one attached hydrogen (secondary N) is 1. The molecule has 0 bridgehead atoms. The molecule has 2 unspecified atom stereocenters. The molecule has 2 atom stereocenters. The van der Waals surface area contributed by atoms with Gasteiger partial charge >= 0.3 is 0 Å². The summed E-state index contributed by atoms with van der Waals surface area (Å²) in [6.45, 7) is 0. The van der Waals surface area contributed by atoms with E-state index in [1.807, 2.05) is 24.3 Å². The second-order valence-electron chi connectivity index (χ2n) is 4.82. The first-order valence-electron chi connectivity index (χ1n) is 6.32. The molecule has 3 nitrogen and oxygen atoms in total. The molecule has 1 aromatic carbocycles. The fourth-order valence-corrected chi connectivity index (χ4v) is 2.47. The van der Waals surface area contributed by atoms with Gasteiger partial charge in [-0.1, -0.05) is 34.1 Å². The van der Waals surface area contributed by atoms with Gasteiger partial charge in [-0.25, -0.2) is 4.98 Å². The van der Waals surface area contributed by atoms with E-state index in [1.54, 1.807) is 0 Å². The van der Waals surface area contributed by atoms with Gasteiger partial charge in [0.05, 0.1) is 0 Å². The third-order valence-electron chi connectivity index (χ3n) is 3.35. The minimum absolute atomic E-state index is 0.105. The van der Waals surface area contributed by atoms with E-state index in [0.29, 0.717) is 5.92 Å². The van der Waals surface area contributed by atoms with Gasteiger partial charge in [0.15, 0.2) is 0 Å². The van der Waals surface area contributed by atoms with Gasteiger partial charge < -0.3 is 5.32 Å². The first kappa shape index (κ1) is 13.2. The lowest BCUT2D eigenvalue weighted by atomic mass is 10.1. The molecule has 3 rings (SSSR count). The molecule has 1 fully saturated rings. The van der Waals surface area contributed by atoms with Crippen LogP contribution in [0.2, 0.25) is 0 Å². The van der Waals surface area contributed by atoms with Crippen molar-refractivity contribution in [2.24, 2.45) is 0 Å². The SMILES string of the molecule is O=C(NC1CC1c1ccc(Br)cc1)c1cccc(F)n1. The molecule has 102 valence electrons. The van der Waals surface area contributed by atoms with Crippen LogP contribution in [-0.4, -0.2) is 16.9 Å². The second kappa shape index (κ2) is 5.32. The van der Waals surface area contributed by atoms with Crippen molar-refractivity contribution in [2.45, 2.75) is 18.4 Å². The van der Waals surface area contributed by atoms with Crippen molar-refractivity contribution < 1.29 is 9.18 Å². The Balaban J connectivity index is 1.63. The summed E-state index contributed by atoms with van der Waals surface area (Å²) in [6, 6.07) is 12.4. The van der Waals surface area contributed by atoms with Crippen LogP contribution in [0.15, 0.2) is 46.9 Å². The highest BCUT2D eigenvalue weighted by molar-refractivity contribution is 9.10. The van der Waals surface area contributed by atoms with Crippen molar-refractivity contribution in [1.29, 1.82) is 0 Å². The molecule has 20 heavy (non-hydrogen) atoms. The van der Waals surface area contributed by atoms with E-state index in [-0.39, 0.29) is 17.6 Å². The number of benzene rings is 1. The van der Waals surface area contributed by atoms with Crippen molar-refractivity contribution in [3.63, 3.8) is 0 Å². The minimum Gasteiger partial charge on any atom is -0.347 e. The number of hydrogen-bond acceptors (Lipinski definition) is 2. The fraction of sp³-hybridized carbons (Fsp3) is 0.200. The molecule has 1 aliphatic carbocycles. The number of carbonyl (C=O) groups excluding carboxylic acids is 1. The predicted molar refractivity (Wildman–Crippen MR) is 76.9 cm³/mol. The van der Waals surface area contributed by atoms with Crippen LogP contribution in [0.1, 0.15) is 28.4 Å². The number of halogens is 2. The van der Waals surface area contributed by atoms with E-state index in [0.717, 1.165) is 10.9 Å². The maximum atomic E-state index is 13.0. The molecule has 0 saturated heterocycles.